The van der Waals surface area contributed by atoms with Gasteiger partial charge >= 0.3 is 0 Å². The molecule has 0 spiro atoms. The number of amides is 1. The van der Waals surface area contributed by atoms with E-state index in [0.717, 1.165) is 27.6 Å². The van der Waals surface area contributed by atoms with Gasteiger partial charge in [-0.05, 0) is 58.9 Å². The van der Waals surface area contributed by atoms with E-state index in [1.807, 2.05) is 54.7 Å². The summed E-state index contributed by atoms with van der Waals surface area (Å²) in [5.74, 6) is 0.824. The molecule has 0 bridgehead atoms. The largest absolute Gasteiger partial charge is 0.493 e. The van der Waals surface area contributed by atoms with Gasteiger partial charge in [0.25, 0.3) is 0 Å². The normalized spacial score (nSPS) is 12.1. The molecule has 10 heteroatoms. The Hall–Kier alpha value is -3.86. The van der Waals surface area contributed by atoms with E-state index in [9.17, 15) is 13.2 Å². The third kappa shape index (κ3) is 7.80. The zero-order chi connectivity index (χ0) is 31.9. The molecule has 0 saturated carbocycles. The molecule has 4 aromatic rings. The van der Waals surface area contributed by atoms with Gasteiger partial charge in [0.05, 0.1) is 32.3 Å². The molecule has 0 unspecified atom stereocenters. The van der Waals surface area contributed by atoms with Crippen molar-refractivity contribution < 1.29 is 27.4 Å². The second-order valence-corrected chi connectivity index (χ2v) is 13.7. The monoisotopic (exact) mass is 621 g/mol. The fourth-order valence-electron chi connectivity index (χ4n) is 5.09. The van der Waals surface area contributed by atoms with Crippen LogP contribution in [0.1, 0.15) is 37.5 Å². The molecule has 0 saturated heterocycles. The lowest BCUT2D eigenvalue weighted by atomic mass is 9.87. The number of benzene rings is 3. The van der Waals surface area contributed by atoms with E-state index in [1.54, 1.807) is 37.3 Å². The minimum absolute atomic E-state index is 0.0399. The Morgan fingerprint density at radius 1 is 0.886 bits per heavy atom. The fraction of sp³-hybridized carbons (Fsp3) is 0.382. The third-order valence-electron chi connectivity index (χ3n) is 7.71. The number of hydrogen-bond donors (Lipinski definition) is 1. The molecule has 236 valence electrons. The van der Waals surface area contributed by atoms with Gasteiger partial charge in [-0.25, -0.2) is 8.42 Å². The highest BCUT2D eigenvalue weighted by atomic mass is 32.2. The second kappa shape index (κ2) is 14.3. The van der Waals surface area contributed by atoms with Crippen LogP contribution in [-0.4, -0.2) is 76.1 Å². The molecular weight excluding hydrogens is 578 g/mol. The zero-order valence-corrected chi connectivity index (χ0v) is 27.2. The molecule has 0 aliphatic heterocycles. The number of sulfonamides is 1. The van der Waals surface area contributed by atoms with Crippen molar-refractivity contribution in [2.75, 3.05) is 47.6 Å². The van der Waals surface area contributed by atoms with Crippen LogP contribution in [0.15, 0.2) is 77.8 Å². The molecule has 0 aliphatic carbocycles. The molecule has 1 N–H and O–H groups in total. The number of nitrogens with one attached hydrogen (secondary N) is 1. The van der Waals surface area contributed by atoms with Crippen molar-refractivity contribution in [1.82, 2.24) is 14.2 Å². The number of ether oxygens (including phenoxy) is 3. The van der Waals surface area contributed by atoms with Crippen LogP contribution in [0.3, 0.4) is 0 Å². The molecule has 0 aliphatic rings. The summed E-state index contributed by atoms with van der Waals surface area (Å²) in [5.41, 5.74) is 3.83. The molecule has 3 aromatic carbocycles. The van der Waals surface area contributed by atoms with E-state index >= 15 is 0 Å². The highest BCUT2D eigenvalue weighted by Gasteiger charge is 2.29. The minimum atomic E-state index is -3.98. The van der Waals surface area contributed by atoms with E-state index in [2.05, 4.69) is 25.8 Å². The summed E-state index contributed by atoms with van der Waals surface area (Å²) in [5, 5.41) is 1.09. The Bertz CT molecular complexity index is 1660. The summed E-state index contributed by atoms with van der Waals surface area (Å²) in [4.78, 5) is 19.1. The SMILES string of the molecule is COCCN(CC(=O)N(CCc1c[nH]c2ccccc12)Cc1ccc(OC)c(OC)c1)S(=O)(=O)c1ccc(C(C)(C)C)cc1. The van der Waals surface area contributed by atoms with Crippen LogP contribution in [0.5, 0.6) is 11.5 Å². The lowest BCUT2D eigenvalue weighted by Crippen LogP contribution is -2.44. The first-order valence-electron chi connectivity index (χ1n) is 14.6. The van der Waals surface area contributed by atoms with Crippen molar-refractivity contribution in [3.05, 3.63) is 89.6 Å². The molecule has 1 aromatic heterocycles. The van der Waals surface area contributed by atoms with Crippen molar-refractivity contribution in [2.45, 2.75) is 44.0 Å². The van der Waals surface area contributed by atoms with Crippen molar-refractivity contribution in [3.63, 3.8) is 0 Å². The van der Waals surface area contributed by atoms with Crippen LogP contribution in [0.4, 0.5) is 0 Å². The van der Waals surface area contributed by atoms with E-state index in [1.165, 1.54) is 11.4 Å². The number of para-hydroxylation sites is 1. The Morgan fingerprint density at radius 3 is 2.25 bits per heavy atom. The average molecular weight is 622 g/mol. The van der Waals surface area contributed by atoms with Crippen molar-refractivity contribution in [1.29, 1.82) is 0 Å². The number of nitrogens with zero attached hydrogens (tertiary/aromatic N) is 2. The first-order valence-corrected chi connectivity index (χ1v) is 16.0. The number of aromatic nitrogens is 1. The van der Waals surface area contributed by atoms with Crippen LogP contribution >= 0.6 is 0 Å². The highest BCUT2D eigenvalue weighted by Crippen LogP contribution is 2.29. The number of carbonyl (C=O) groups is 1. The van der Waals surface area contributed by atoms with Gasteiger partial charge in [-0.1, -0.05) is 57.2 Å². The van der Waals surface area contributed by atoms with Crippen molar-refractivity contribution in [2.24, 2.45) is 0 Å². The van der Waals surface area contributed by atoms with Crippen molar-refractivity contribution >= 4 is 26.8 Å². The number of hydrogen-bond acceptors (Lipinski definition) is 6. The summed E-state index contributed by atoms with van der Waals surface area (Å²) in [6.45, 7) is 6.73. The van der Waals surface area contributed by atoms with Crippen LogP contribution in [0.2, 0.25) is 0 Å². The Balaban J connectivity index is 1.62. The van der Waals surface area contributed by atoms with Crippen LogP contribution in [0, 0.1) is 0 Å². The first-order chi connectivity index (χ1) is 21.0. The Morgan fingerprint density at radius 2 is 1.59 bits per heavy atom. The first kappa shape index (κ1) is 33.0. The standard InChI is InChI=1S/C34H43N3O6S/c1-34(2,3)27-12-14-28(15-13-27)44(39,40)37(19-20-41-4)24-33(38)36(23-25-11-16-31(42-5)32(21-25)43-6)18-17-26-22-35-30-10-8-7-9-29(26)30/h7-16,21-22,35H,17-20,23-24H2,1-6H3. The molecule has 1 heterocycles. The van der Waals surface area contributed by atoms with Gasteiger partial charge in [0.2, 0.25) is 15.9 Å². The summed E-state index contributed by atoms with van der Waals surface area (Å²) >= 11 is 0. The molecule has 0 atom stereocenters. The molecule has 9 nitrogen and oxygen atoms in total. The Kier molecular flexibility index (Phi) is 10.7. The van der Waals surface area contributed by atoms with Crippen LogP contribution in [0.25, 0.3) is 10.9 Å². The number of aromatic amines is 1. The molecule has 0 fully saturated rings. The van der Waals surface area contributed by atoms with Gasteiger partial charge in [0, 0.05) is 43.8 Å². The number of carbonyl (C=O) groups excluding carboxylic acids is 1. The summed E-state index contributed by atoms with van der Waals surface area (Å²) in [7, 11) is 0.663. The third-order valence-corrected chi connectivity index (χ3v) is 9.57. The zero-order valence-electron chi connectivity index (χ0n) is 26.4. The summed E-state index contributed by atoms with van der Waals surface area (Å²) in [6.07, 6.45) is 2.54. The van der Waals surface area contributed by atoms with Gasteiger partial charge in [-0.3, -0.25) is 4.79 Å². The molecule has 4 rings (SSSR count). The second-order valence-electron chi connectivity index (χ2n) is 11.7. The molecule has 0 radical (unpaired) electrons. The smallest absolute Gasteiger partial charge is 0.243 e. The van der Waals surface area contributed by atoms with E-state index in [-0.39, 0.29) is 42.5 Å². The quantitative estimate of drug-likeness (QED) is 0.203. The minimum Gasteiger partial charge on any atom is -0.493 e. The van der Waals surface area contributed by atoms with Gasteiger partial charge in [0.15, 0.2) is 11.5 Å². The molecular formula is C34H43N3O6S. The van der Waals surface area contributed by atoms with Crippen LogP contribution < -0.4 is 9.47 Å². The summed E-state index contributed by atoms with van der Waals surface area (Å²) < 4.78 is 45.0. The maximum atomic E-state index is 14.0. The van der Waals surface area contributed by atoms with Gasteiger partial charge in [-0.2, -0.15) is 4.31 Å². The van der Waals surface area contributed by atoms with Crippen LogP contribution in [-0.2, 0) is 37.9 Å². The lowest BCUT2D eigenvalue weighted by Gasteiger charge is -2.28. The number of fused-ring (bicyclic) bond motifs is 1. The topological polar surface area (TPSA) is 101 Å². The van der Waals surface area contributed by atoms with E-state index in [4.69, 9.17) is 14.2 Å². The highest BCUT2D eigenvalue weighted by molar-refractivity contribution is 7.89. The number of H-pyrrole nitrogens is 1. The molecule has 1 amide bonds. The lowest BCUT2D eigenvalue weighted by molar-refractivity contribution is -0.132. The summed E-state index contributed by atoms with van der Waals surface area (Å²) in [6, 6.07) is 20.4. The predicted octanol–water partition coefficient (Wildman–Crippen LogP) is 5.39. The predicted molar refractivity (Wildman–Crippen MR) is 173 cm³/mol. The van der Waals surface area contributed by atoms with Gasteiger partial charge < -0.3 is 24.1 Å². The Labute approximate surface area is 260 Å². The number of rotatable bonds is 14. The molecule has 44 heavy (non-hydrogen) atoms. The van der Waals surface area contributed by atoms with Gasteiger partial charge in [-0.15, -0.1) is 0 Å². The van der Waals surface area contributed by atoms with E-state index < -0.39 is 10.0 Å². The average Bonchev–Trinajstić information content (AvgIpc) is 3.43. The van der Waals surface area contributed by atoms with Gasteiger partial charge in [0.1, 0.15) is 0 Å². The fourth-order valence-corrected chi connectivity index (χ4v) is 6.46. The number of methoxy groups -OCH3 is 3. The maximum Gasteiger partial charge on any atom is 0.243 e. The van der Waals surface area contributed by atoms with E-state index in [0.29, 0.717) is 24.5 Å². The van der Waals surface area contributed by atoms with Crippen molar-refractivity contribution in [3.8, 4) is 11.5 Å². The maximum absolute atomic E-state index is 14.0.